The van der Waals surface area contributed by atoms with Gasteiger partial charge in [-0.1, -0.05) is 36.2 Å². The number of pyridine rings is 1. The molecule has 5 heteroatoms. The average Bonchev–Trinajstić information content (AvgIpc) is 3.23. The van der Waals surface area contributed by atoms with E-state index in [0.29, 0.717) is 11.7 Å². The van der Waals surface area contributed by atoms with E-state index < -0.39 is 0 Å². The van der Waals surface area contributed by atoms with E-state index in [0.717, 1.165) is 44.0 Å². The SMILES string of the molecule is NC1(c2noc(CCc3ccnc4ccccc34)n2)CCCC1. The standard InChI is InChI=1S/C18H20N4O/c19-18(10-3-4-11-18)17-21-16(23-22-17)8-7-13-9-12-20-15-6-2-1-5-14(13)15/h1-2,5-6,9,12H,3-4,7-8,10-11,19H2. The highest BCUT2D eigenvalue weighted by molar-refractivity contribution is 5.81. The summed E-state index contributed by atoms with van der Waals surface area (Å²) < 4.78 is 5.42. The summed E-state index contributed by atoms with van der Waals surface area (Å²) in [5, 5.41) is 5.30. The highest BCUT2D eigenvalue weighted by Gasteiger charge is 2.35. The first-order valence-corrected chi connectivity index (χ1v) is 8.19. The number of nitrogens with two attached hydrogens (primary N) is 1. The predicted octanol–water partition coefficient (Wildman–Crippen LogP) is 3.13. The van der Waals surface area contributed by atoms with Crippen LogP contribution in [0.1, 0.15) is 43.0 Å². The van der Waals surface area contributed by atoms with Gasteiger partial charge in [-0.25, -0.2) is 0 Å². The number of aryl methyl sites for hydroxylation is 2. The van der Waals surface area contributed by atoms with Crippen molar-refractivity contribution in [1.82, 2.24) is 15.1 Å². The number of rotatable bonds is 4. The molecule has 0 bridgehead atoms. The lowest BCUT2D eigenvalue weighted by Gasteiger charge is -2.17. The molecule has 118 valence electrons. The van der Waals surface area contributed by atoms with Crippen molar-refractivity contribution in [2.75, 3.05) is 0 Å². The third-order valence-corrected chi connectivity index (χ3v) is 4.76. The van der Waals surface area contributed by atoms with Crippen LogP contribution in [0.15, 0.2) is 41.1 Å². The molecular formula is C18H20N4O. The van der Waals surface area contributed by atoms with E-state index in [1.54, 1.807) is 0 Å². The molecular weight excluding hydrogens is 288 g/mol. The Kier molecular flexibility index (Phi) is 3.58. The van der Waals surface area contributed by atoms with E-state index in [-0.39, 0.29) is 5.54 Å². The van der Waals surface area contributed by atoms with E-state index in [4.69, 9.17) is 10.3 Å². The van der Waals surface area contributed by atoms with Crippen molar-refractivity contribution in [1.29, 1.82) is 0 Å². The Morgan fingerprint density at radius 2 is 1.91 bits per heavy atom. The molecule has 1 fully saturated rings. The summed E-state index contributed by atoms with van der Waals surface area (Å²) in [4.78, 5) is 8.94. The second-order valence-corrected chi connectivity index (χ2v) is 6.36. The van der Waals surface area contributed by atoms with Gasteiger partial charge in [-0.2, -0.15) is 4.98 Å². The minimum atomic E-state index is -0.384. The van der Waals surface area contributed by atoms with Crippen LogP contribution < -0.4 is 5.73 Å². The number of nitrogens with zero attached hydrogens (tertiary/aromatic N) is 3. The van der Waals surface area contributed by atoms with Crippen LogP contribution in [0.2, 0.25) is 0 Å². The Balaban J connectivity index is 1.52. The molecule has 1 aliphatic carbocycles. The minimum absolute atomic E-state index is 0.384. The van der Waals surface area contributed by atoms with Gasteiger partial charge in [0.1, 0.15) is 0 Å². The lowest BCUT2D eigenvalue weighted by molar-refractivity contribution is 0.348. The molecule has 1 saturated carbocycles. The Hall–Kier alpha value is -2.27. The normalized spacial score (nSPS) is 16.9. The lowest BCUT2D eigenvalue weighted by Crippen LogP contribution is -2.34. The number of benzene rings is 1. The molecule has 2 heterocycles. The van der Waals surface area contributed by atoms with Crippen molar-refractivity contribution < 1.29 is 4.52 Å². The molecule has 2 aromatic heterocycles. The number of para-hydroxylation sites is 1. The quantitative estimate of drug-likeness (QED) is 0.801. The summed E-state index contributed by atoms with van der Waals surface area (Å²) in [5.74, 6) is 1.34. The molecule has 5 nitrogen and oxygen atoms in total. The third kappa shape index (κ3) is 2.72. The summed E-state index contributed by atoms with van der Waals surface area (Å²) in [5.41, 5.74) is 8.26. The second-order valence-electron chi connectivity index (χ2n) is 6.36. The zero-order valence-corrected chi connectivity index (χ0v) is 13.0. The molecule has 1 aromatic carbocycles. The van der Waals surface area contributed by atoms with Crippen LogP contribution in [0, 0.1) is 0 Å². The first kappa shape index (κ1) is 14.3. The van der Waals surface area contributed by atoms with Crippen LogP contribution in [0.5, 0.6) is 0 Å². The fraction of sp³-hybridized carbons (Fsp3) is 0.389. The smallest absolute Gasteiger partial charge is 0.227 e. The van der Waals surface area contributed by atoms with Crippen molar-refractivity contribution >= 4 is 10.9 Å². The molecule has 0 radical (unpaired) electrons. The van der Waals surface area contributed by atoms with Crippen molar-refractivity contribution in [3.05, 3.63) is 53.8 Å². The molecule has 0 aliphatic heterocycles. The van der Waals surface area contributed by atoms with Crippen LogP contribution in [0.25, 0.3) is 10.9 Å². The molecule has 0 amide bonds. The van der Waals surface area contributed by atoms with Gasteiger partial charge in [-0.05, 0) is 37.0 Å². The van der Waals surface area contributed by atoms with Gasteiger partial charge in [-0.3, -0.25) is 4.98 Å². The van der Waals surface area contributed by atoms with Crippen molar-refractivity contribution in [2.24, 2.45) is 5.73 Å². The van der Waals surface area contributed by atoms with E-state index in [2.05, 4.69) is 27.3 Å². The lowest BCUT2D eigenvalue weighted by atomic mass is 9.98. The summed E-state index contributed by atoms with van der Waals surface area (Å²) in [6, 6.07) is 10.2. The van der Waals surface area contributed by atoms with Gasteiger partial charge < -0.3 is 10.3 Å². The summed E-state index contributed by atoms with van der Waals surface area (Å²) in [7, 11) is 0. The average molecular weight is 308 g/mol. The van der Waals surface area contributed by atoms with Crippen molar-refractivity contribution in [3.8, 4) is 0 Å². The molecule has 2 N–H and O–H groups in total. The van der Waals surface area contributed by atoms with Crippen LogP contribution in [0.3, 0.4) is 0 Å². The Labute approximate surface area is 134 Å². The van der Waals surface area contributed by atoms with Gasteiger partial charge in [0.15, 0.2) is 5.82 Å². The minimum Gasteiger partial charge on any atom is -0.339 e. The number of fused-ring (bicyclic) bond motifs is 1. The molecule has 23 heavy (non-hydrogen) atoms. The topological polar surface area (TPSA) is 77.8 Å². The summed E-state index contributed by atoms with van der Waals surface area (Å²) >= 11 is 0. The zero-order chi connectivity index (χ0) is 15.7. The zero-order valence-electron chi connectivity index (χ0n) is 13.0. The highest BCUT2D eigenvalue weighted by Crippen LogP contribution is 2.34. The Morgan fingerprint density at radius 1 is 1.09 bits per heavy atom. The number of hydrogen-bond acceptors (Lipinski definition) is 5. The van der Waals surface area contributed by atoms with E-state index >= 15 is 0 Å². The van der Waals surface area contributed by atoms with E-state index in [9.17, 15) is 0 Å². The molecule has 3 aromatic rings. The third-order valence-electron chi connectivity index (χ3n) is 4.76. The van der Waals surface area contributed by atoms with Crippen LogP contribution >= 0.6 is 0 Å². The van der Waals surface area contributed by atoms with Crippen LogP contribution in [-0.4, -0.2) is 15.1 Å². The molecule has 0 spiro atoms. The van der Waals surface area contributed by atoms with Gasteiger partial charge in [0.05, 0.1) is 11.1 Å². The molecule has 0 atom stereocenters. The van der Waals surface area contributed by atoms with Gasteiger partial charge in [0.2, 0.25) is 5.89 Å². The van der Waals surface area contributed by atoms with Crippen molar-refractivity contribution in [2.45, 2.75) is 44.1 Å². The van der Waals surface area contributed by atoms with Crippen LogP contribution in [-0.2, 0) is 18.4 Å². The highest BCUT2D eigenvalue weighted by atomic mass is 16.5. The second kappa shape index (κ2) is 5.74. The molecule has 4 rings (SSSR count). The van der Waals surface area contributed by atoms with Crippen molar-refractivity contribution in [3.63, 3.8) is 0 Å². The maximum atomic E-state index is 6.38. The summed E-state index contributed by atoms with van der Waals surface area (Å²) in [6.07, 6.45) is 7.60. The largest absolute Gasteiger partial charge is 0.339 e. The number of hydrogen-bond donors (Lipinski definition) is 1. The number of aromatic nitrogens is 3. The fourth-order valence-electron chi connectivity index (χ4n) is 3.40. The van der Waals surface area contributed by atoms with E-state index in [1.807, 2.05) is 24.4 Å². The fourth-order valence-corrected chi connectivity index (χ4v) is 3.40. The maximum Gasteiger partial charge on any atom is 0.227 e. The molecule has 0 saturated heterocycles. The van der Waals surface area contributed by atoms with Gasteiger partial charge in [0.25, 0.3) is 0 Å². The summed E-state index contributed by atoms with van der Waals surface area (Å²) in [6.45, 7) is 0. The maximum absolute atomic E-state index is 6.38. The molecule has 1 aliphatic rings. The first-order chi connectivity index (χ1) is 11.2. The van der Waals surface area contributed by atoms with Gasteiger partial charge in [0, 0.05) is 18.0 Å². The van der Waals surface area contributed by atoms with Gasteiger partial charge in [-0.15, -0.1) is 0 Å². The monoisotopic (exact) mass is 308 g/mol. The van der Waals surface area contributed by atoms with Crippen LogP contribution in [0.4, 0.5) is 0 Å². The van der Waals surface area contributed by atoms with Gasteiger partial charge >= 0.3 is 0 Å². The Bertz CT molecular complexity index is 815. The molecule has 0 unspecified atom stereocenters. The first-order valence-electron chi connectivity index (χ1n) is 8.19. The Morgan fingerprint density at radius 3 is 2.78 bits per heavy atom. The van der Waals surface area contributed by atoms with E-state index in [1.165, 1.54) is 10.9 Å². The predicted molar refractivity (Wildman–Crippen MR) is 87.8 cm³/mol.